The molecule has 1 amide bonds. The van der Waals surface area contributed by atoms with E-state index in [9.17, 15) is 9.90 Å². The first kappa shape index (κ1) is 19.9. The van der Waals surface area contributed by atoms with Crippen LogP contribution in [0.4, 0.5) is 5.13 Å². The third-order valence-corrected chi connectivity index (χ3v) is 6.72. The highest BCUT2D eigenvalue weighted by molar-refractivity contribution is 7.22. The number of amides is 1. The van der Waals surface area contributed by atoms with Gasteiger partial charge >= 0.3 is 0 Å². The second kappa shape index (κ2) is 8.24. The summed E-state index contributed by atoms with van der Waals surface area (Å²) in [7, 11) is 1.59. The zero-order chi connectivity index (χ0) is 21.4. The van der Waals surface area contributed by atoms with Crippen molar-refractivity contribution >= 4 is 38.2 Å². The topological polar surface area (TPSA) is 104 Å². The summed E-state index contributed by atoms with van der Waals surface area (Å²) in [6.07, 6.45) is 6.18. The molecule has 5 rings (SSSR count). The van der Waals surface area contributed by atoms with E-state index in [4.69, 9.17) is 4.98 Å². The molecule has 0 unspecified atom stereocenters. The quantitative estimate of drug-likeness (QED) is 0.444. The Balaban J connectivity index is 1.39. The van der Waals surface area contributed by atoms with Gasteiger partial charge in [0.05, 0.1) is 34.3 Å². The number of thiazole rings is 1. The molecular weight excluding hydrogens is 412 g/mol. The van der Waals surface area contributed by atoms with Crippen LogP contribution >= 0.6 is 11.3 Å². The van der Waals surface area contributed by atoms with Gasteiger partial charge in [-0.1, -0.05) is 30.2 Å². The second-order valence-corrected chi connectivity index (χ2v) is 8.95. The van der Waals surface area contributed by atoms with Crippen molar-refractivity contribution < 1.29 is 9.90 Å². The highest BCUT2D eigenvalue weighted by Gasteiger charge is 2.23. The third kappa shape index (κ3) is 3.98. The summed E-state index contributed by atoms with van der Waals surface area (Å²) in [6, 6.07) is 9.77. The summed E-state index contributed by atoms with van der Waals surface area (Å²) >= 11 is 1.61. The number of carbonyl (C=O) groups is 1. The number of aromatic nitrogens is 4. The number of benzene rings is 1. The van der Waals surface area contributed by atoms with Crippen LogP contribution < -0.4 is 10.6 Å². The van der Waals surface area contributed by atoms with Crippen LogP contribution in [0, 0.1) is 0 Å². The lowest BCUT2D eigenvalue weighted by Crippen LogP contribution is -2.36. The molecule has 0 aliphatic heterocycles. The summed E-state index contributed by atoms with van der Waals surface area (Å²) in [5.74, 6) is -0.226. The fourth-order valence-corrected chi connectivity index (χ4v) is 5.07. The Morgan fingerprint density at radius 3 is 2.97 bits per heavy atom. The number of fused-ring (bicyclic) bond motifs is 2. The molecule has 0 saturated heterocycles. The molecule has 0 spiro atoms. The number of carbonyl (C=O) groups excluding carboxylic acids is 1. The van der Waals surface area contributed by atoms with Crippen LogP contribution in [0.5, 0.6) is 0 Å². The van der Waals surface area contributed by atoms with Crippen LogP contribution in [0.25, 0.3) is 15.9 Å². The molecule has 160 valence electrons. The molecule has 4 aromatic rings. The Labute approximate surface area is 183 Å². The van der Waals surface area contributed by atoms with Crippen molar-refractivity contribution in [3.05, 3.63) is 53.5 Å². The normalized spacial score (nSPS) is 19.0. The zero-order valence-electron chi connectivity index (χ0n) is 17.2. The lowest BCUT2D eigenvalue weighted by atomic mass is 9.93. The number of aliphatic hydroxyl groups is 1. The Morgan fingerprint density at radius 2 is 2.13 bits per heavy atom. The highest BCUT2D eigenvalue weighted by Crippen LogP contribution is 2.30. The van der Waals surface area contributed by atoms with Crippen molar-refractivity contribution in [2.45, 2.75) is 44.2 Å². The first-order chi connectivity index (χ1) is 15.1. The monoisotopic (exact) mass is 436 g/mol. The smallest absolute Gasteiger partial charge is 0.271 e. The molecule has 1 fully saturated rings. The van der Waals surface area contributed by atoms with Crippen LogP contribution in [-0.4, -0.2) is 49.8 Å². The minimum Gasteiger partial charge on any atom is -0.391 e. The predicted octanol–water partition coefficient (Wildman–Crippen LogP) is 3.00. The van der Waals surface area contributed by atoms with Crippen LogP contribution in [0.3, 0.4) is 0 Å². The number of imidazole rings is 1. The minimum atomic E-state index is -0.307. The number of rotatable bonds is 5. The number of nitrogens with zero attached hydrogens (tertiary/aromatic N) is 4. The van der Waals surface area contributed by atoms with Crippen LogP contribution in [0.1, 0.15) is 47.4 Å². The molecule has 0 bridgehead atoms. The average Bonchev–Trinajstić information content (AvgIpc) is 3.37. The van der Waals surface area contributed by atoms with Gasteiger partial charge in [-0.2, -0.15) is 5.10 Å². The molecule has 1 aliphatic carbocycles. The van der Waals surface area contributed by atoms with Gasteiger partial charge in [0.25, 0.3) is 5.91 Å². The van der Waals surface area contributed by atoms with E-state index in [1.165, 1.54) is 0 Å². The SMILES string of the molecule is CNC(=O)c1ccc2ncc(Cc3ccc4nc(N[C@@H]5CCCC[C@H]5O)sc4c3)n2n1. The van der Waals surface area contributed by atoms with E-state index < -0.39 is 0 Å². The van der Waals surface area contributed by atoms with Gasteiger partial charge in [0.2, 0.25) is 0 Å². The molecule has 9 heteroatoms. The fourth-order valence-electron chi connectivity index (χ4n) is 4.08. The van der Waals surface area contributed by atoms with E-state index in [1.807, 2.05) is 6.07 Å². The predicted molar refractivity (Wildman–Crippen MR) is 121 cm³/mol. The van der Waals surface area contributed by atoms with Crippen molar-refractivity contribution in [1.29, 1.82) is 0 Å². The fraction of sp³-hybridized carbons (Fsp3) is 0.364. The van der Waals surface area contributed by atoms with E-state index in [1.54, 1.807) is 41.2 Å². The second-order valence-electron chi connectivity index (χ2n) is 7.92. The summed E-state index contributed by atoms with van der Waals surface area (Å²) in [6.45, 7) is 0. The Hall–Kier alpha value is -3.04. The summed E-state index contributed by atoms with van der Waals surface area (Å²) in [4.78, 5) is 21.0. The average molecular weight is 437 g/mol. The third-order valence-electron chi connectivity index (χ3n) is 5.77. The van der Waals surface area contributed by atoms with Crippen LogP contribution in [0.2, 0.25) is 0 Å². The van der Waals surface area contributed by atoms with E-state index in [-0.39, 0.29) is 18.1 Å². The van der Waals surface area contributed by atoms with Gasteiger partial charge in [0.15, 0.2) is 10.8 Å². The maximum atomic E-state index is 11.9. The Kier molecular flexibility index (Phi) is 5.29. The van der Waals surface area contributed by atoms with Crippen molar-refractivity contribution in [2.24, 2.45) is 0 Å². The molecule has 2 atom stereocenters. The maximum Gasteiger partial charge on any atom is 0.271 e. The largest absolute Gasteiger partial charge is 0.391 e. The first-order valence-corrected chi connectivity index (χ1v) is 11.3. The van der Waals surface area contributed by atoms with Crippen molar-refractivity contribution in [3.8, 4) is 0 Å². The van der Waals surface area contributed by atoms with Crippen LogP contribution in [-0.2, 0) is 6.42 Å². The van der Waals surface area contributed by atoms with E-state index in [0.717, 1.165) is 52.3 Å². The summed E-state index contributed by atoms with van der Waals surface area (Å²) in [5.41, 5.74) is 4.04. The maximum absolute atomic E-state index is 11.9. The van der Waals surface area contributed by atoms with Gasteiger partial charge in [0.1, 0.15) is 5.69 Å². The number of nitrogens with one attached hydrogen (secondary N) is 2. The summed E-state index contributed by atoms with van der Waals surface area (Å²) < 4.78 is 2.82. The molecule has 8 nitrogen and oxygen atoms in total. The standard InChI is InChI=1S/C22H24N6O2S/c1-23-21(30)17-8-9-20-24-12-14(28(20)27-17)10-13-6-7-16-19(11-13)31-22(26-16)25-15-4-2-3-5-18(15)29/h6-9,11-12,15,18,29H,2-5,10H2,1H3,(H,23,30)(H,25,26)/t15-,18-/m1/s1. The molecule has 1 saturated carbocycles. The van der Waals surface area contributed by atoms with Gasteiger partial charge in [-0.3, -0.25) is 4.79 Å². The van der Waals surface area contributed by atoms with Crippen LogP contribution in [0.15, 0.2) is 36.5 Å². The van der Waals surface area contributed by atoms with E-state index >= 15 is 0 Å². The molecular formula is C22H24N6O2S. The van der Waals surface area contributed by atoms with E-state index in [0.29, 0.717) is 17.8 Å². The number of aliphatic hydroxyl groups excluding tert-OH is 1. The Morgan fingerprint density at radius 1 is 1.26 bits per heavy atom. The molecule has 1 aromatic carbocycles. The molecule has 1 aliphatic rings. The summed E-state index contributed by atoms with van der Waals surface area (Å²) in [5, 5.41) is 21.5. The molecule has 0 radical (unpaired) electrons. The lowest BCUT2D eigenvalue weighted by Gasteiger charge is -2.27. The van der Waals surface area contributed by atoms with E-state index in [2.05, 4.69) is 32.8 Å². The van der Waals surface area contributed by atoms with Crippen molar-refractivity contribution in [2.75, 3.05) is 12.4 Å². The first-order valence-electron chi connectivity index (χ1n) is 10.5. The molecule has 3 aromatic heterocycles. The highest BCUT2D eigenvalue weighted by atomic mass is 32.1. The molecule has 3 heterocycles. The number of hydrogen-bond acceptors (Lipinski definition) is 7. The van der Waals surface area contributed by atoms with Gasteiger partial charge in [0, 0.05) is 13.5 Å². The molecule has 3 N–H and O–H groups in total. The zero-order valence-corrected chi connectivity index (χ0v) is 18.0. The lowest BCUT2D eigenvalue weighted by molar-refractivity contribution is 0.0956. The van der Waals surface area contributed by atoms with Gasteiger partial charge in [-0.25, -0.2) is 14.5 Å². The number of hydrogen-bond donors (Lipinski definition) is 3. The van der Waals surface area contributed by atoms with Gasteiger partial charge in [-0.05, 0) is 42.7 Å². The number of anilines is 1. The van der Waals surface area contributed by atoms with Gasteiger partial charge in [-0.15, -0.1) is 0 Å². The minimum absolute atomic E-state index is 0.0764. The van der Waals surface area contributed by atoms with Gasteiger partial charge < -0.3 is 15.7 Å². The molecule has 31 heavy (non-hydrogen) atoms. The van der Waals surface area contributed by atoms with Crippen molar-refractivity contribution in [3.63, 3.8) is 0 Å². The Bertz CT molecular complexity index is 1250. The van der Waals surface area contributed by atoms with Crippen molar-refractivity contribution in [1.82, 2.24) is 24.9 Å².